The van der Waals surface area contributed by atoms with Crippen LogP contribution in [0.5, 0.6) is 0 Å². The summed E-state index contributed by atoms with van der Waals surface area (Å²) in [5.41, 5.74) is 4.36. The normalized spacial score (nSPS) is 15.9. The number of halogens is 1. The molecular formula is C24H22ClN3O3. The molecular weight excluding hydrogens is 414 g/mol. The Balaban J connectivity index is 1.69. The Labute approximate surface area is 185 Å². The van der Waals surface area contributed by atoms with Gasteiger partial charge in [-0.2, -0.15) is 5.10 Å². The van der Waals surface area contributed by atoms with Crippen LogP contribution in [0.1, 0.15) is 48.4 Å². The Kier molecular flexibility index (Phi) is 6.00. The van der Waals surface area contributed by atoms with Crippen molar-refractivity contribution in [2.45, 2.75) is 38.6 Å². The number of pyridine rings is 1. The lowest BCUT2D eigenvalue weighted by molar-refractivity contribution is -0.137. The minimum Gasteiger partial charge on any atom is -0.481 e. The number of hydrogen-bond acceptors (Lipinski definition) is 4. The second-order valence-corrected chi connectivity index (χ2v) is 8.04. The minimum atomic E-state index is -0.920. The van der Waals surface area contributed by atoms with Gasteiger partial charge < -0.3 is 5.11 Å². The summed E-state index contributed by atoms with van der Waals surface area (Å²) in [6, 6.07) is 17.2. The van der Waals surface area contributed by atoms with E-state index in [2.05, 4.69) is 10.1 Å². The van der Waals surface area contributed by atoms with Gasteiger partial charge in [0.1, 0.15) is 5.15 Å². The minimum absolute atomic E-state index is 0.0584. The summed E-state index contributed by atoms with van der Waals surface area (Å²) in [6.45, 7) is 2.00. The summed E-state index contributed by atoms with van der Waals surface area (Å²) in [7, 11) is 0. The quantitative estimate of drug-likeness (QED) is 0.544. The van der Waals surface area contributed by atoms with E-state index in [0.29, 0.717) is 11.6 Å². The lowest BCUT2D eigenvalue weighted by Crippen LogP contribution is -2.27. The lowest BCUT2D eigenvalue weighted by atomic mass is 9.98. The number of carboxylic acid groups (broad SMARTS) is 1. The van der Waals surface area contributed by atoms with Crippen molar-refractivity contribution in [2.75, 3.05) is 0 Å². The molecule has 1 atom stereocenters. The van der Waals surface area contributed by atoms with Gasteiger partial charge in [0.15, 0.2) is 0 Å². The molecule has 7 heteroatoms. The van der Waals surface area contributed by atoms with Gasteiger partial charge >= 0.3 is 5.97 Å². The molecule has 31 heavy (non-hydrogen) atoms. The van der Waals surface area contributed by atoms with Crippen LogP contribution in [-0.4, -0.2) is 32.7 Å². The Morgan fingerprint density at radius 2 is 1.90 bits per heavy atom. The molecule has 3 aromatic rings. The van der Waals surface area contributed by atoms with Gasteiger partial charge in [0.25, 0.3) is 0 Å². The SMILES string of the molecule is Cc1ccc2cc(C3CC(c4ccccc4)=NN3C(=O)CCCC(=O)O)c(Cl)nc2c1. The zero-order chi connectivity index (χ0) is 22.0. The van der Waals surface area contributed by atoms with Crippen molar-refractivity contribution in [3.8, 4) is 0 Å². The Morgan fingerprint density at radius 1 is 1.13 bits per heavy atom. The number of fused-ring (bicyclic) bond motifs is 1. The van der Waals surface area contributed by atoms with E-state index in [1.807, 2.05) is 61.5 Å². The number of carbonyl (C=O) groups excluding carboxylic acids is 1. The third-order valence-corrected chi connectivity index (χ3v) is 5.67. The van der Waals surface area contributed by atoms with E-state index in [9.17, 15) is 9.59 Å². The van der Waals surface area contributed by atoms with Gasteiger partial charge in [-0.3, -0.25) is 9.59 Å². The number of hydrogen-bond donors (Lipinski definition) is 1. The molecule has 158 valence electrons. The highest BCUT2D eigenvalue weighted by atomic mass is 35.5. The topological polar surface area (TPSA) is 82.9 Å². The number of aliphatic carboxylic acids is 1. The van der Waals surface area contributed by atoms with Crippen LogP contribution in [0.25, 0.3) is 10.9 Å². The first-order valence-electron chi connectivity index (χ1n) is 10.2. The molecule has 0 radical (unpaired) electrons. The first kappa shape index (κ1) is 21.0. The first-order chi connectivity index (χ1) is 14.9. The van der Waals surface area contributed by atoms with Gasteiger partial charge in [-0.15, -0.1) is 0 Å². The average molecular weight is 436 g/mol. The van der Waals surface area contributed by atoms with Gasteiger partial charge in [0.05, 0.1) is 17.3 Å². The number of aryl methyl sites for hydroxylation is 1. The largest absolute Gasteiger partial charge is 0.481 e. The molecule has 1 aromatic heterocycles. The van der Waals surface area contributed by atoms with Crippen molar-refractivity contribution in [1.29, 1.82) is 0 Å². The van der Waals surface area contributed by atoms with E-state index >= 15 is 0 Å². The fourth-order valence-corrected chi connectivity index (χ4v) is 4.07. The van der Waals surface area contributed by atoms with Gasteiger partial charge in [-0.05, 0) is 36.6 Å². The van der Waals surface area contributed by atoms with Crippen molar-refractivity contribution in [3.63, 3.8) is 0 Å². The highest BCUT2D eigenvalue weighted by Gasteiger charge is 2.34. The van der Waals surface area contributed by atoms with Crippen LogP contribution in [0.3, 0.4) is 0 Å². The maximum absolute atomic E-state index is 13.0. The van der Waals surface area contributed by atoms with E-state index in [1.165, 1.54) is 5.01 Å². The number of carboxylic acids is 1. The molecule has 0 bridgehead atoms. The molecule has 4 rings (SSSR count). The van der Waals surface area contributed by atoms with Crippen molar-refractivity contribution in [3.05, 3.63) is 76.4 Å². The monoisotopic (exact) mass is 435 g/mol. The number of aromatic nitrogens is 1. The third kappa shape index (κ3) is 4.59. The zero-order valence-corrected chi connectivity index (χ0v) is 17.8. The number of carbonyl (C=O) groups is 2. The summed E-state index contributed by atoms with van der Waals surface area (Å²) in [6.07, 6.45) is 0.813. The maximum Gasteiger partial charge on any atom is 0.303 e. The van der Waals surface area contributed by atoms with Crippen LogP contribution >= 0.6 is 11.6 Å². The van der Waals surface area contributed by atoms with E-state index in [1.54, 1.807) is 0 Å². The molecule has 0 saturated carbocycles. The van der Waals surface area contributed by atoms with E-state index in [0.717, 1.165) is 33.3 Å². The summed E-state index contributed by atoms with van der Waals surface area (Å²) >= 11 is 6.57. The van der Waals surface area contributed by atoms with Gasteiger partial charge in [-0.25, -0.2) is 9.99 Å². The summed E-state index contributed by atoms with van der Waals surface area (Å²) in [5.74, 6) is -1.14. The summed E-state index contributed by atoms with van der Waals surface area (Å²) < 4.78 is 0. The second kappa shape index (κ2) is 8.86. The van der Waals surface area contributed by atoms with Crippen LogP contribution in [-0.2, 0) is 9.59 Å². The molecule has 1 N–H and O–H groups in total. The Morgan fingerprint density at radius 3 is 2.65 bits per heavy atom. The van der Waals surface area contributed by atoms with Crippen molar-refractivity contribution in [2.24, 2.45) is 5.10 Å². The van der Waals surface area contributed by atoms with Crippen molar-refractivity contribution >= 4 is 40.1 Å². The molecule has 0 aliphatic carbocycles. The second-order valence-electron chi connectivity index (χ2n) is 7.68. The molecule has 1 unspecified atom stereocenters. The Hall–Kier alpha value is -3.25. The van der Waals surface area contributed by atoms with E-state index < -0.39 is 12.0 Å². The molecule has 1 amide bonds. The van der Waals surface area contributed by atoms with E-state index in [4.69, 9.17) is 16.7 Å². The van der Waals surface area contributed by atoms with Crippen LogP contribution < -0.4 is 0 Å². The van der Waals surface area contributed by atoms with Crippen LogP contribution in [0.2, 0.25) is 5.15 Å². The number of benzene rings is 2. The molecule has 0 fully saturated rings. The smallest absolute Gasteiger partial charge is 0.303 e. The van der Waals surface area contributed by atoms with Gasteiger partial charge in [0.2, 0.25) is 5.91 Å². The number of amides is 1. The van der Waals surface area contributed by atoms with Crippen molar-refractivity contribution in [1.82, 2.24) is 9.99 Å². The highest BCUT2D eigenvalue weighted by Crippen LogP contribution is 2.37. The highest BCUT2D eigenvalue weighted by molar-refractivity contribution is 6.30. The molecule has 6 nitrogen and oxygen atoms in total. The predicted molar refractivity (Wildman–Crippen MR) is 120 cm³/mol. The molecule has 1 aliphatic heterocycles. The third-order valence-electron chi connectivity index (χ3n) is 5.37. The van der Waals surface area contributed by atoms with E-state index in [-0.39, 0.29) is 25.2 Å². The van der Waals surface area contributed by atoms with Crippen LogP contribution in [0.15, 0.2) is 59.7 Å². The Bertz CT molecular complexity index is 1180. The first-order valence-corrected chi connectivity index (χ1v) is 10.5. The number of rotatable bonds is 6. The fraction of sp³-hybridized carbons (Fsp3) is 0.250. The van der Waals surface area contributed by atoms with Crippen LogP contribution in [0, 0.1) is 6.92 Å². The summed E-state index contributed by atoms with van der Waals surface area (Å²) in [5, 5.41) is 16.2. The maximum atomic E-state index is 13.0. The molecule has 2 aromatic carbocycles. The molecule has 0 saturated heterocycles. The molecule has 0 spiro atoms. The summed E-state index contributed by atoms with van der Waals surface area (Å²) in [4.78, 5) is 28.4. The molecule has 2 heterocycles. The molecule has 1 aliphatic rings. The predicted octanol–water partition coefficient (Wildman–Crippen LogP) is 5.13. The standard InChI is InChI=1S/C24H22ClN3O3/c1-15-10-11-17-13-18(24(25)26-19(17)12-15)21-14-20(16-6-3-2-4-7-16)27-28(21)22(29)8-5-9-23(30)31/h2-4,6-7,10-13,21H,5,8-9,14H2,1H3,(H,30,31). The zero-order valence-electron chi connectivity index (χ0n) is 17.1. The fourth-order valence-electron chi connectivity index (χ4n) is 3.80. The van der Waals surface area contributed by atoms with Crippen LogP contribution in [0.4, 0.5) is 0 Å². The van der Waals surface area contributed by atoms with Crippen molar-refractivity contribution < 1.29 is 14.7 Å². The van der Waals surface area contributed by atoms with Gasteiger partial charge in [0, 0.05) is 30.2 Å². The van der Waals surface area contributed by atoms with Gasteiger partial charge in [-0.1, -0.05) is 54.1 Å². The lowest BCUT2D eigenvalue weighted by Gasteiger charge is -2.23. The number of hydrazone groups is 1. The number of nitrogens with zero attached hydrogens (tertiary/aromatic N) is 3. The average Bonchev–Trinajstić information content (AvgIpc) is 3.19.